The molecular weight excluding hydrogens is 408 g/mol. The number of imide groups is 1. The molecule has 23 heavy (non-hydrogen) atoms. The van der Waals surface area contributed by atoms with E-state index in [-0.39, 0.29) is 21.7 Å². The Morgan fingerprint density at radius 3 is 2.48 bits per heavy atom. The van der Waals surface area contributed by atoms with Gasteiger partial charge >= 0.3 is 0 Å². The van der Waals surface area contributed by atoms with Gasteiger partial charge in [-0.15, -0.1) is 0 Å². The van der Waals surface area contributed by atoms with E-state index in [2.05, 4.69) is 20.7 Å². The lowest BCUT2D eigenvalue weighted by atomic mass is 10.1. The smallest absolute Gasteiger partial charge is 0.293 e. The highest BCUT2D eigenvalue weighted by Gasteiger charge is 2.32. The lowest BCUT2D eigenvalue weighted by Crippen LogP contribution is -2.22. The zero-order chi connectivity index (χ0) is 17.4. The summed E-state index contributed by atoms with van der Waals surface area (Å²) in [6.45, 7) is 0. The molecule has 1 saturated heterocycles. The highest BCUT2D eigenvalue weighted by molar-refractivity contribution is 9.10. The van der Waals surface area contributed by atoms with Crippen LogP contribution in [0.1, 0.15) is 5.56 Å². The Morgan fingerprint density at radius 1 is 1.35 bits per heavy atom. The number of hydrogen-bond acceptors (Lipinski definition) is 6. The van der Waals surface area contributed by atoms with Crippen molar-refractivity contribution in [1.82, 2.24) is 4.90 Å². The van der Waals surface area contributed by atoms with Gasteiger partial charge in [-0.25, -0.2) is 8.42 Å². The van der Waals surface area contributed by atoms with Crippen LogP contribution in [0.25, 0.3) is 6.08 Å². The number of methoxy groups -OCH3 is 1. The molecule has 1 fully saturated rings. The van der Waals surface area contributed by atoms with Crippen molar-refractivity contribution in [3.63, 3.8) is 0 Å². The lowest BCUT2D eigenvalue weighted by molar-refractivity contribution is -0.121. The van der Waals surface area contributed by atoms with E-state index in [4.69, 9.17) is 4.74 Å². The van der Waals surface area contributed by atoms with Gasteiger partial charge in [0, 0.05) is 11.5 Å². The van der Waals surface area contributed by atoms with Crippen LogP contribution < -0.4 is 9.46 Å². The first-order valence-electron chi connectivity index (χ1n) is 6.19. The van der Waals surface area contributed by atoms with E-state index in [1.165, 1.54) is 20.2 Å². The Balaban J connectivity index is 2.46. The number of nitrogens with one attached hydrogen (secondary N) is 1. The summed E-state index contributed by atoms with van der Waals surface area (Å²) in [6.07, 6.45) is 2.58. The van der Waals surface area contributed by atoms with Crippen LogP contribution in [-0.2, 0) is 14.8 Å². The number of anilines is 1. The van der Waals surface area contributed by atoms with E-state index in [1.54, 1.807) is 12.1 Å². The van der Waals surface area contributed by atoms with Crippen LogP contribution in [0.2, 0.25) is 0 Å². The van der Waals surface area contributed by atoms with Crippen LogP contribution in [0.3, 0.4) is 0 Å². The first-order valence-corrected chi connectivity index (χ1v) is 9.69. The molecule has 2 amide bonds. The molecule has 2 rings (SSSR count). The van der Waals surface area contributed by atoms with Crippen molar-refractivity contribution in [2.75, 3.05) is 25.1 Å². The molecule has 1 aromatic carbocycles. The number of likely N-dealkylation sites (N-methyl/N-ethyl adjacent to an activating group) is 1. The first-order chi connectivity index (χ1) is 10.6. The highest BCUT2D eigenvalue weighted by atomic mass is 79.9. The van der Waals surface area contributed by atoms with Crippen LogP contribution in [0, 0.1) is 0 Å². The third-order valence-corrected chi connectivity index (χ3v) is 5.13. The molecule has 0 spiro atoms. The van der Waals surface area contributed by atoms with Gasteiger partial charge in [0.1, 0.15) is 5.75 Å². The number of amides is 2. The van der Waals surface area contributed by atoms with E-state index in [1.807, 2.05) is 0 Å². The molecule has 0 atom stereocenters. The summed E-state index contributed by atoms with van der Waals surface area (Å²) in [5, 5.41) is -0.347. The molecule has 0 radical (unpaired) electrons. The number of sulfonamides is 1. The summed E-state index contributed by atoms with van der Waals surface area (Å²) in [6, 6.07) is 3.10. The fourth-order valence-electron chi connectivity index (χ4n) is 1.81. The second-order valence-electron chi connectivity index (χ2n) is 4.69. The molecule has 0 saturated carbocycles. The summed E-state index contributed by atoms with van der Waals surface area (Å²) >= 11 is 4.16. The Labute approximate surface area is 146 Å². The van der Waals surface area contributed by atoms with Gasteiger partial charge in [-0.3, -0.25) is 19.2 Å². The van der Waals surface area contributed by atoms with Crippen molar-refractivity contribution in [2.24, 2.45) is 0 Å². The molecule has 7 nitrogen and oxygen atoms in total. The fourth-order valence-corrected chi connectivity index (χ4v) is 3.65. The molecule has 0 aliphatic carbocycles. The molecule has 0 unspecified atom stereocenters. The minimum atomic E-state index is -3.46. The van der Waals surface area contributed by atoms with Gasteiger partial charge in [0.15, 0.2) is 0 Å². The van der Waals surface area contributed by atoms with Crippen molar-refractivity contribution >= 4 is 60.6 Å². The van der Waals surface area contributed by atoms with E-state index in [0.717, 1.165) is 22.9 Å². The summed E-state index contributed by atoms with van der Waals surface area (Å²) in [5.74, 6) is -0.0928. The third kappa shape index (κ3) is 4.06. The predicted octanol–water partition coefficient (Wildman–Crippen LogP) is 2.50. The molecule has 1 aliphatic rings. The van der Waals surface area contributed by atoms with Gasteiger partial charge in [-0.05, 0) is 35.5 Å². The molecule has 1 aromatic rings. The number of carbonyl (C=O) groups is 2. The topological polar surface area (TPSA) is 92.8 Å². The van der Waals surface area contributed by atoms with Gasteiger partial charge in [0.25, 0.3) is 11.1 Å². The summed E-state index contributed by atoms with van der Waals surface area (Å²) in [4.78, 5) is 24.7. The monoisotopic (exact) mass is 420 g/mol. The average Bonchev–Trinajstić information content (AvgIpc) is 2.67. The zero-order valence-electron chi connectivity index (χ0n) is 12.4. The van der Waals surface area contributed by atoms with E-state index < -0.39 is 10.0 Å². The lowest BCUT2D eigenvalue weighted by Gasteiger charge is -2.12. The summed E-state index contributed by atoms with van der Waals surface area (Å²) in [5.41, 5.74) is 0.850. The molecule has 124 valence electrons. The minimum absolute atomic E-state index is 0.266. The minimum Gasteiger partial charge on any atom is -0.495 e. The number of nitrogens with zero attached hydrogens (tertiary/aromatic N) is 1. The number of benzene rings is 1. The number of ether oxygens (including phenoxy) is 1. The Kier molecular flexibility index (Phi) is 5.07. The third-order valence-electron chi connectivity index (χ3n) is 2.89. The molecular formula is C13H13BrN2O5S2. The first kappa shape index (κ1) is 17.8. The van der Waals surface area contributed by atoms with Crippen LogP contribution in [-0.4, -0.2) is 44.9 Å². The molecule has 10 heteroatoms. The summed E-state index contributed by atoms with van der Waals surface area (Å²) < 4.78 is 30.8. The highest BCUT2D eigenvalue weighted by Crippen LogP contribution is 2.36. The molecule has 1 N–H and O–H groups in total. The second-order valence-corrected chi connectivity index (χ2v) is 8.28. The van der Waals surface area contributed by atoms with Crippen molar-refractivity contribution in [3.8, 4) is 5.75 Å². The van der Waals surface area contributed by atoms with Gasteiger partial charge in [-0.1, -0.05) is 15.9 Å². The normalized spacial score (nSPS) is 17.0. The van der Waals surface area contributed by atoms with Gasteiger partial charge < -0.3 is 4.74 Å². The van der Waals surface area contributed by atoms with Gasteiger partial charge in [0.2, 0.25) is 10.0 Å². The van der Waals surface area contributed by atoms with Crippen LogP contribution >= 0.6 is 27.7 Å². The van der Waals surface area contributed by atoms with Crippen molar-refractivity contribution < 1.29 is 22.7 Å². The van der Waals surface area contributed by atoms with Crippen LogP contribution in [0.4, 0.5) is 10.5 Å². The van der Waals surface area contributed by atoms with E-state index in [0.29, 0.717) is 15.8 Å². The number of rotatable bonds is 4. The van der Waals surface area contributed by atoms with Crippen molar-refractivity contribution in [1.29, 1.82) is 0 Å². The van der Waals surface area contributed by atoms with Gasteiger partial charge in [-0.2, -0.15) is 0 Å². The number of carbonyl (C=O) groups excluding carboxylic acids is 2. The maximum absolute atomic E-state index is 11.9. The fraction of sp³-hybridized carbons (Fsp3) is 0.231. The molecule has 0 bridgehead atoms. The predicted molar refractivity (Wildman–Crippen MR) is 92.9 cm³/mol. The van der Waals surface area contributed by atoms with Crippen molar-refractivity contribution in [3.05, 3.63) is 27.1 Å². The molecule has 0 aromatic heterocycles. The van der Waals surface area contributed by atoms with Crippen LogP contribution in [0.5, 0.6) is 5.75 Å². The quantitative estimate of drug-likeness (QED) is 0.752. The average molecular weight is 421 g/mol. The number of thioether (sulfide) groups is 1. The van der Waals surface area contributed by atoms with E-state index in [9.17, 15) is 18.0 Å². The molecule has 1 heterocycles. The Morgan fingerprint density at radius 2 is 2.00 bits per heavy atom. The standard InChI is InChI=1S/C13H13BrN2O5S2/c1-16-12(17)11(22-13(16)18)5-7-4-10(21-2)9(6-8(7)14)15-23(3,19)20/h4-6,15H,1-3H3/b11-5-. The Bertz CT molecular complexity index is 820. The SMILES string of the molecule is COc1cc(/C=C2\SC(=O)N(C)C2=O)c(Br)cc1NS(C)(=O)=O. The number of hydrogen-bond donors (Lipinski definition) is 1. The zero-order valence-corrected chi connectivity index (χ0v) is 15.6. The number of halogens is 1. The largest absolute Gasteiger partial charge is 0.495 e. The molecule has 1 aliphatic heterocycles. The van der Waals surface area contributed by atoms with Crippen molar-refractivity contribution in [2.45, 2.75) is 0 Å². The van der Waals surface area contributed by atoms with Crippen LogP contribution in [0.15, 0.2) is 21.5 Å². The van der Waals surface area contributed by atoms with E-state index >= 15 is 0 Å². The maximum Gasteiger partial charge on any atom is 0.293 e. The second kappa shape index (κ2) is 6.54. The Hall–Kier alpha value is -1.52. The maximum atomic E-state index is 11.9. The van der Waals surface area contributed by atoms with Gasteiger partial charge in [0.05, 0.1) is 24.0 Å². The summed E-state index contributed by atoms with van der Waals surface area (Å²) in [7, 11) is -0.648.